The van der Waals surface area contributed by atoms with Gasteiger partial charge in [0, 0.05) is 0 Å². The Morgan fingerprint density at radius 3 is 2.19 bits per heavy atom. The predicted octanol–water partition coefficient (Wildman–Crippen LogP) is -0.911. The van der Waals surface area contributed by atoms with Crippen molar-refractivity contribution in [3.8, 4) is 0 Å². The Morgan fingerprint density at radius 1 is 1.07 bits per heavy atom. The molecule has 1 aromatic carbocycles. The molecule has 3 N–H and O–H groups in total. The van der Waals surface area contributed by atoms with Gasteiger partial charge in [0.05, 0.1) is 11.9 Å². The third-order valence-corrected chi connectivity index (χ3v) is 4.51. The second kappa shape index (κ2) is 8.79. The molecule has 1 aromatic rings. The smallest absolute Gasteiger partial charge is 0.315 e. The molecule has 6 unspecified atom stereocenters. The van der Waals surface area contributed by atoms with Crippen molar-refractivity contribution in [1.29, 1.82) is 0 Å². The first-order valence-corrected chi connectivity index (χ1v) is 8.81. The Hall–Kier alpha value is -2.00. The summed E-state index contributed by atoms with van der Waals surface area (Å²) in [5.74, 6) is -2.76. The lowest BCUT2D eigenvalue weighted by Crippen LogP contribution is -2.62. The molecule has 1 saturated heterocycles. The molecule has 27 heavy (non-hydrogen) atoms. The molecule has 0 amide bonds. The molecular formula is C19H25O8-. The minimum Gasteiger partial charge on any atom is -0.547 e. The van der Waals surface area contributed by atoms with Crippen LogP contribution in [0.2, 0.25) is 0 Å². The monoisotopic (exact) mass is 381 g/mol. The number of ether oxygens (including phenoxy) is 2. The highest BCUT2D eigenvalue weighted by Crippen LogP contribution is 2.25. The highest BCUT2D eigenvalue weighted by Gasteiger charge is 2.46. The van der Waals surface area contributed by atoms with Gasteiger partial charge in [0.1, 0.15) is 24.4 Å². The van der Waals surface area contributed by atoms with Crippen LogP contribution in [-0.2, 0) is 25.5 Å². The third kappa shape index (κ3) is 5.04. The molecule has 1 fully saturated rings. The van der Waals surface area contributed by atoms with E-state index in [0.29, 0.717) is 11.5 Å². The van der Waals surface area contributed by atoms with E-state index in [4.69, 9.17) is 9.47 Å². The van der Waals surface area contributed by atoms with Crippen LogP contribution in [0.4, 0.5) is 0 Å². The van der Waals surface area contributed by atoms with E-state index in [1.54, 1.807) is 19.1 Å². The van der Waals surface area contributed by atoms with Gasteiger partial charge >= 0.3 is 5.97 Å². The summed E-state index contributed by atoms with van der Waals surface area (Å²) in [6, 6.07) is 7.42. The van der Waals surface area contributed by atoms with E-state index >= 15 is 0 Å². The maximum Gasteiger partial charge on any atom is 0.315 e. The third-order valence-electron chi connectivity index (χ3n) is 4.51. The fourth-order valence-electron chi connectivity index (χ4n) is 2.91. The SMILES string of the molecule is CC(C)Cc1ccc(C(C)C(=O)OC2OC(C(=O)[O-])C(O)C(O)C2O)cc1. The van der Waals surface area contributed by atoms with Crippen LogP contribution in [0, 0.1) is 5.92 Å². The average Bonchev–Trinajstić information content (AvgIpc) is 2.61. The molecular weight excluding hydrogens is 356 g/mol. The van der Waals surface area contributed by atoms with Gasteiger partial charge in [-0.15, -0.1) is 0 Å². The van der Waals surface area contributed by atoms with Crippen molar-refractivity contribution >= 4 is 11.9 Å². The number of esters is 1. The zero-order valence-electron chi connectivity index (χ0n) is 15.4. The summed E-state index contributed by atoms with van der Waals surface area (Å²) in [6.45, 7) is 5.81. The first kappa shape index (κ1) is 21.3. The number of aliphatic hydroxyl groups excluding tert-OH is 3. The van der Waals surface area contributed by atoms with Gasteiger partial charge in [0.25, 0.3) is 0 Å². The Bertz CT molecular complexity index is 656. The first-order valence-electron chi connectivity index (χ1n) is 8.81. The quantitative estimate of drug-likeness (QED) is 0.539. The van der Waals surface area contributed by atoms with Crippen LogP contribution in [-0.4, -0.2) is 58.0 Å². The molecule has 8 nitrogen and oxygen atoms in total. The molecule has 0 saturated carbocycles. The molecule has 0 bridgehead atoms. The number of rotatable bonds is 6. The molecule has 6 atom stereocenters. The molecule has 1 aliphatic rings. The van der Waals surface area contributed by atoms with Crippen molar-refractivity contribution in [3.63, 3.8) is 0 Å². The summed E-state index contributed by atoms with van der Waals surface area (Å²) in [4.78, 5) is 23.3. The summed E-state index contributed by atoms with van der Waals surface area (Å²) in [7, 11) is 0. The van der Waals surface area contributed by atoms with Gasteiger partial charge in [-0.1, -0.05) is 38.1 Å². The highest BCUT2D eigenvalue weighted by atomic mass is 16.7. The molecule has 2 rings (SSSR count). The molecule has 0 spiro atoms. The van der Waals surface area contributed by atoms with Crippen molar-refractivity contribution in [1.82, 2.24) is 0 Å². The number of benzene rings is 1. The van der Waals surface area contributed by atoms with Crippen LogP contribution < -0.4 is 5.11 Å². The fourth-order valence-corrected chi connectivity index (χ4v) is 2.91. The number of carboxylic acids is 1. The van der Waals surface area contributed by atoms with E-state index < -0.39 is 48.6 Å². The van der Waals surface area contributed by atoms with Crippen LogP contribution in [0.5, 0.6) is 0 Å². The minimum absolute atomic E-state index is 0.502. The van der Waals surface area contributed by atoms with Crippen molar-refractivity contribution in [2.24, 2.45) is 5.92 Å². The molecule has 1 aliphatic heterocycles. The van der Waals surface area contributed by atoms with Gasteiger partial charge < -0.3 is 34.7 Å². The summed E-state index contributed by atoms with van der Waals surface area (Å²) in [6.07, 6.45) is -8.30. The summed E-state index contributed by atoms with van der Waals surface area (Å²) in [5, 5.41) is 40.2. The number of hydrogen-bond donors (Lipinski definition) is 3. The van der Waals surface area contributed by atoms with Crippen LogP contribution in [0.3, 0.4) is 0 Å². The van der Waals surface area contributed by atoms with E-state index in [0.717, 1.165) is 12.0 Å². The van der Waals surface area contributed by atoms with Gasteiger partial charge in [-0.05, 0) is 30.4 Å². The second-order valence-corrected chi connectivity index (χ2v) is 7.21. The standard InChI is InChI=1S/C19H26O8/c1-9(2)8-11-4-6-12(7-5-11)10(3)18(25)27-19-15(22)13(20)14(21)16(26-19)17(23)24/h4-7,9-10,13-16,19-22H,8H2,1-3H3,(H,23,24)/p-1. The van der Waals surface area contributed by atoms with Crippen molar-refractivity contribution in [2.75, 3.05) is 0 Å². The van der Waals surface area contributed by atoms with Crippen LogP contribution in [0.1, 0.15) is 37.8 Å². The van der Waals surface area contributed by atoms with Gasteiger partial charge in [0.2, 0.25) is 6.29 Å². The molecule has 1 heterocycles. The summed E-state index contributed by atoms with van der Waals surface area (Å²) < 4.78 is 9.94. The lowest BCUT2D eigenvalue weighted by atomic mass is 9.96. The lowest BCUT2D eigenvalue weighted by Gasteiger charge is -2.40. The zero-order chi connectivity index (χ0) is 20.3. The van der Waals surface area contributed by atoms with Gasteiger partial charge in [-0.2, -0.15) is 0 Å². The Kier molecular flexibility index (Phi) is 6.94. The molecule has 0 aromatic heterocycles. The topological polar surface area (TPSA) is 136 Å². The number of carboxylic acid groups (broad SMARTS) is 1. The van der Waals surface area contributed by atoms with E-state index in [1.807, 2.05) is 12.1 Å². The Labute approximate surface area is 157 Å². The highest BCUT2D eigenvalue weighted by molar-refractivity contribution is 5.78. The molecule has 0 radical (unpaired) electrons. The predicted molar refractivity (Wildman–Crippen MR) is 91.2 cm³/mol. The lowest BCUT2D eigenvalue weighted by molar-refractivity contribution is -0.346. The average molecular weight is 381 g/mol. The number of carbonyl (C=O) groups is 2. The second-order valence-electron chi connectivity index (χ2n) is 7.21. The Morgan fingerprint density at radius 2 is 1.67 bits per heavy atom. The van der Waals surface area contributed by atoms with Gasteiger partial charge in [0.15, 0.2) is 0 Å². The molecule has 150 valence electrons. The number of aliphatic hydroxyl groups is 3. The van der Waals surface area contributed by atoms with Gasteiger partial charge in [-0.25, -0.2) is 0 Å². The fraction of sp³-hybridized carbons (Fsp3) is 0.579. The number of aliphatic carboxylic acids is 1. The Balaban J connectivity index is 2.05. The molecule has 8 heteroatoms. The zero-order valence-corrected chi connectivity index (χ0v) is 15.4. The van der Waals surface area contributed by atoms with E-state index in [-0.39, 0.29) is 0 Å². The largest absolute Gasteiger partial charge is 0.547 e. The maximum absolute atomic E-state index is 12.4. The number of hydrogen-bond acceptors (Lipinski definition) is 8. The maximum atomic E-state index is 12.4. The van der Waals surface area contributed by atoms with E-state index in [2.05, 4.69) is 13.8 Å². The van der Waals surface area contributed by atoms with E-state index in [9.17, 15) is 30.0 Å². The van der Waals surface area contributed by atoms with Crippen molar-refractivity contribution in [3.05, 3.63) is 35.4 Å². The molecule has 0 aliphatic carbocycles. The minimum atomic E-state index is -1.92. The van der Waals surface area contributed by atoms with E-state index in [1.165, 1.54) is 0 Å². The summed E-state index contributed by atoms with van der Waals surface area (Å²) in [5.41, 5.74) is 1.81. The summed E-state index contributed by atoms with van der Waals surface area (Å²) >= 11 is 0. The normalized spacial score (nSPS) is 29.4. The van der Waals surface area contributed by atoms with Crippen LogP contribution in [0.15, 0.2) is 24.3 Å². The number of carbonyl (C=O) groups excluding carboxylic acids is 2. The van der Waals surface area contributed by atoms with Crippen LogP contribution in [0.25, 0.3) is 0 Å². The van der Waals surface area contributed by atoms with Crippen LogP contribution >= 0.6 is 0 Å². The first-order chi connectivity index (χ1) is 12.6. The van der Waals surface area contributed by atoms with Crippen molar-refractivity contribution in [2.45, 2.75) is 63.8 Å². The van der Waals surface area contributed by atoms with Gasteiger partial charge in [-0.3, -0.25) is 4.79 Å². The van der Waals surface area contributed by atoms with Crippen molar-refractivity contribution < 1.29 is 39.5 Å².